The number of urea groups is 1. The molecular weight excluding hydrogens is 258 g/mol. The van der Waals surface area contributed by atoms with Crippen molar-refractivity contribution in [2.75, 3.05) is 18.7 Å². The quantitative estimate of drug-likeness (QED) is 0.800. The molecule has 4 nitrogen and oxygen atoms in total. The summed E-state index contributed by atoms with van der Waals surface area (Å²) in [7, 11) is 1.70. The van der Waals surface area contributed by atoms with E-state index in [1.807, 2.05) is 36.3 Å². The number of pyridine rings is 1. The fourth-order valence-corrected chi connectivity index (χ4v) is 3.78. The second-order valence-corrected chi connectivity index (χ2v) is 5.70. The van der Waals surface area contributed by atoms with E-state index in [4.69, 9.17) is 0 Å². The summed E-state index contributed by atoms with van der Waals surface area (Å²) in [4.78, 5) is 16.5. The van der Waals surface area contributed by atoms with Gasteiger partial charge in [0, 0.05) is 48.8 Å². The number of allylic oxidation sites excluding steroid dienone is 3. The van der Waals surface area contributed by atoms with E-state index in [-0.39, 0.29) is 6.03 Å². The number of carbonyl (C=O) groups is 1. The first-order valence-electron chi connectivity index (χ1n) is 6.29. The zero-order valence-electron chi connectivity index (χ0n) is 10.8. The summed E-state index contributed by atoms with van der Waals surface area (Å²) < 4.78 is 0.311. The first kappa shape index (κ1) is 12.4. The molecule has 2 amide bonds. The Balaban J connectivity index is 2.10. The number of fused-ring (bicyclic) bond motifs is 1. The van der Waals surface area contributed by atoms with Crippen molar-refractivity contribution in [3.05, 3.63) is 48.1 Å². The number of hydrogen-bond acceptors (Lipinski definition) is 3. The summed E-state index contributed by atoms with van der Waals surface area (Å²) in [6, 6.07) is 4.02. The molecule has 3 rings (SSSR count). The molecular formula is C14H16N3OS+. The summed E-state index contributed by atoms with van der Waals surface area (Å²) >= 11 is 1.82. The van der Waals surface area contributed by atoms with Gasteiger partial charge < -0.3 is 5.32 Å². The number of quaternary nitrogens is 1. The molecule has 3 heterocycles. The number of nitrogens with zero attached hydrogens (tertiary/aromatic N) is 2. The Labute approximate surface area is 116 Å². The maximum absolute atomic E-state index is 12.3. The van der Waals surface area contributed by atoms with Crippen molar-refractivity contribution in [1.29, 1.82) is 0 Å². The van der Waals surface area contributed by atoms with E-state index in [0.29, 0.717) is 4.48 Å². The second-order valence-electron chi connectivity index (χ2n) is 4.63. The smallest absolute Gasteiger partial charge is 0.308 e. The Hall–Kier alpha value is -1.59. The molecule has 1 atom stereocenters. The molecule has 0 spiro atoms. The van der Waals surface area contributed by atoms with Crippen LogP contribution in [-0.4, -0.2) is 34.2 Å². The summed E-state index contributed by atoms with van der Waals surface area (Å²) in [5.41, 5.74) is 3.42. The lowest BCUT2D eigenvalue weighted by atomic mass is 10.1. The van der Waals surface area contributed by atoms with E-state index in [2.05, 4.69) is 16.4 Å². The molecule has 0 bridgehead atoms. The molecule has 0 aromatic carbocycles. The van der Waals surface area contributed by atoms with Gasteiger partial charge in [0.15, 0.2) is 0 Å². The van der Waals surface area contributed by atoms with Gasteiger partial charge in [-0.25, -0.2) is 4.79 Å². The Morgan fingerprint density at radius 1 is 1.53 bits per heavy atom. The van der Waals surface area contributed by atoms with E-state index in [9.17, 15) is 4.79 Å². The molecule has 1 unspecified atom stereocenters. The van der Waals surface area contributed by atoms with Gasteiger partial charge in [0.2, 0.25) is 0 Å². The molecule has 2 aliphatic heterocycles. The maximum atomic E-state index is 12.3. The van der Waals surface area contributed by atoms with Crippen LogP contribution in [0.3, 0.4) is 0 Å². The third-order valence-electron chi connectivity index (χ3n) is 3.62. The predicted molar refractivity (Wildman–Crippen MR) is 77.0 cm³/mol. The monoisotopic (exact) mass is 274 g/mol. The van der Waals surface area contributed by atoms with Gasteiger partial charge in [0.25, 0.3) is 0 Å². The standard InChI is InChI=1S/C14H15N3OS/c1-15-14(18)17-7-4-12(11-3-2-6-16-9-11)13(17)5-8-19-10-17/h2-4,6-7,9H,5,8,10H2,1H3/p+1. The molecule has 1 saturated heterocycles. The van der Waals surface area contributed by atoms with Gasteiger partial charge in [-0.3, -0.25) is 4.98 Å². The van der Waals surface area contributed by atoms with Crippen LogP contribution in [0.25, 0.3) is 5.57 Å². The Morgan fingerprint density at radius 3 is 3.16 bits per heavy atom. The highest BCUT2D eigenvalue weighted by molar-refractivity contribution is 7.99. The molecule has 98 valence electrons. The van der Waals surface area contributed by atoms with E-state index in [0.717, 1.165) is 29.2 Å². The lowest BCUT2D eigenvalue weighted by Crippen LogP contribution is -2.52. The Morgan fingerprint density at radius 2 is 2.42 bits per heavy atom. The minimum absolute atomic E-state index is 0.0392. The molecule has 2 aliphatic rings. The zero-order chi connectivity index (χ0) is 13.3. The first-order valence-corrected chi connectivity index (χ1v) is 7.44. The minimum Gasteiger partial charge on any atom is -0.308 e. The third kappa shape index (κ3) is 1.89. The van der Waals surface area contributed by atoms with Crippen LogP contribution in [0.2, 0.25) is 0 Å². The summed E-state index contributed by atoms with van der Waals surface area (Å²) in [6.45, 7) is 0. The van der Waals surface area contributed by atoms with Gasteiger partial charge in [-0.15, -0.1) is 11.8 Å². The van der Waals surface area contributed by atoms with Crippen LogP contribution in [0.1, 0.15) is 12.0 Å². The van der Waals surface area contributed by atoms with E-state index in [1.165, 1.54) is 5.70 Å². The van der Waals surface area contributed by atoms with Crippen molar-refractivity contribution in [3.63, 3.8) is 0 Å². The van der Waals surface area contributed by atoms with Gasteiger partial charge in [-0.1, -0.05) is 6.07 Å². The van der Waals surface area contributed by atoms with Crippen LogP contribution < -0.4 is 5.32 Å². The Bertz CT molecular complexity index is 567. The van der Waals surface area contributed by atoms with Crippen molar-refractivity contribution >= 4 is 23.4 Å². The van der Waals surface area contributed by atoms with Gasteiger partial charge in [0.1, 0.15) is 17.8 Å². The molecule has 1 N–H and O–H groups in total. The van der Waals surface area contributed by atoms with Crippen molar-refractivity contribution in [3.8, 4) is 0 Å². The molecule has 1 aromatic rings. The SMILES string of the molecule is CNC(=O)[N+]12C=CC(c3cccnc3)=C1CCSC2. The molecule has 0 saturated carbocycles. The average Bonchev–Trinajstić information content (AvgIpc) is 2.88. The van der Waals surface area contributed by atoms with Crippen molar-refractivity contribution in [2.24, 2.45) is 0 Å². The molecule has 5 heteroatoms. The maximum Gasteiger partial charge on any atom is 0.426 e. The van der Waals surface area contributed by atoms with Gasteiger partial charge in [0.05, 0.1) is 0 Å². The topological polar surface area (TPSA) is 42.0 Å². The number of nitrogens with one attached hydrogen (secondary N) is 1. The molecule has 1 aromatic heterocycles. The second kappa shape index (κ2) is 4.83. The summed E-state index contributed by atoms with van der Waals surface area (Å²) in [5, 5.41) is 2.79. The van der Waals surface area contributed by atoms with E-state index in [1.54, 1.807) is 13.2 Å². The number of hydrogen-bond donors (Lipinski definition) is 1. The number of carbonyl (C=O) groups excluding carboxylic acids is 1. The van der Waals surface area contributed by atoms with Gasteiger partial charge in [-0.05, 0) is 6.07 Å². The largest absolute Gasteiger partial charge is 0.426 e. The summed E-state index contributed by atoms with van der Waals surface area (Å²) in [6.07, 6.45) is 8.63. The molecule has 0 aliphatic carbocycles. The summed E-state index contributed by atoms with van der Waals surface area (Å²) in [5.74, 6) is 1.84. The van der Waals surface area contributed by atoms with Crippen molar-refractivity contribution in [1.82, 2.24) is 10.3 Å². The van der Waals surface area contributed by atoms with E-state index < -0.39 is 0 Å². The third-order valence-corrected chi connectivity index (χ3v) is 4.70. The van der Waals surface area contributed by atoms with Crippen LogP contribution in [-0.2, 0) is 0 Å². The fraction of sp³-hybridized carbons (Fsp3) is 0.286. The predicted octanol–water partition coefficient (Wildman–Crippen LogP) is 2.57. The van der Waals surface area contributed by atoms with E-state index >= 15 is 0 Å². The van der Waals surface area contributed by atoms with Gasteiger partial charge >= 0.3 is 6.03 Å². The molecule has 1 fully saturated rings. The average molecular weight is 274 g/mol. The molecule has 19 heavy (non-hydrogen) atoms. The van der Waals surface area contributed by atoms with Crippen LogP contribution in [0.5, 0.6) is 0 Å². The number of thioether (sulfide) groups is 1. The Kier molecular flexibility index (Phi) is 3.16. The highest BCUT2D eigenvalue weighted by Crippen LogP contribution is 2.42. The normalized spacial score (nSPS) is 25.3. The zero-order valence-corrected chi connectivity index (χ0v) is 11.6. The van der Waals surface area contributed by atoms with Crippen LogP contribution in [0.4, 0.5) is 4.79 Å². The highest BCUT2D eigenvalue weighted by atomic mass is 32.2. The first-order chi connectivity index (χ1) is 9.28. The van der Waals surface area contributed by atoms with Crippen LogP contribution in [0, 0.1) is 0 Å². The molecule has 0 radical (unpaired) electrons. The number of amides is 2. The lowest BCUT2D eigenvalue weighted by Gasteiger charge is -2.33. The minimum atomic E-state index is 0.0392. The number of aromatic nitrogens is 1. The number of rotatable bonds is 1. The fourth-order valence-electron chi connectivity index (χ4n) is 2.67. The van der Waals surface area contributed by atoms with Crippen LogP contribution in [0.15, 0.2) is 42.5 Å². The van der Waals surface area contributed by atoms with Crippen LogP contribution >= 0.6 is 11.8 Å². The highest BCUT2D eigenvalue weighted by Gasteiger charge is 2.46. The van der Waals surface area contributed by atoms with Gasteiger partial charge in [-0.2, -0.15) is 4.48 Å². The van der Waals surface area contributed by atoms with Crippen molar-refractivity contribution in [2.45, 2.75) is 6.42 Å². The van der Waals surface area contributed by atoms with Crippen molar-refractivity contribution < 1.29 is 9.28 Å². The lowest BCUT2D eigenvalue weighted by molar-refractivity contribution is -0.742.